The monoisotopic (exact) mass is 235 g/mol. The summed E-state index contributed by atoms with van der Waals surface area (Å²) in [4.78, 5) is 0. The van der Waals surface area contributed by atoms with Crippen molar-refractivity contribution >= 4 is 0 Å². The maximum atomic E-state index is 9.49. The van der Waals surface area contributed by atoms with E-state index in [0.29, 0.717) is 6.04 Å². The molecule has 1 unspecified atom stereocenters. The van der Waals surface area contributed by atoms with Crippen LogP contribution in [0, 0.1) is 0 Å². The molecule has 0 radical (unpaired) electrons. The van der Waals surface area contributed by atoms with Gasteiger partial charge in [0, 0.05) is 19.3 Å². The van der Waals surface area contributed by atoms with Crippen LogP contribution in [0.1, 0.15) is 30.9 Å². The summed E-state index contributed by atoms with van der Waals surface area (Å²) < 4.78 is 5.44. The molecule has 1 aromatic carbocycles. The highest BCUT2D eigenvalue weighted by molar-refractivity contribution is 5.19. The smallest absolute Gasteiger partial charge is 0.0626 e. The van der Waals surface area contributed by atoms with Crippen molar-refractivity contribution in [1.82, 2.24) is 5.32 Å². The molecule has 2 N–H and O–H groups in total. The molecule has 0 aromatic heterocycles. The van der Waals surface area contributed by atoms with Crippen molar-refractivity contribution in [2.75, 3.05) is 19.8 Å². The number of ether oxygens (including phenoxy) is 1. The van der Waals surface area contributed by atoms with Crippen molar-refractivity contribution in [2.45, 2.75) is 31.3 Å². The second kappa shape index (κ2) is 6.74. The van der Waals surface area contributed by atoms with Gasteiger partial charge in [-0.1, -0.05) is 30.3 Å². The van der Waals surface area contributed by atoms with E-state index in [4.69, 9.17) is 4.74 Å². The van der Waals surface area contributed by atoms with Crippen LogP contribution in [-0.2, 0) is 4.74 Å². The molecule has 1 aliphatic rings. The number of aliphatic hydroxyl groups excluding tert-OH is 1. The zero-order chi connectivity index (χ0) is 11.9. The number of hydrogen-bond donors (Lipinski definition) is 2. The SMILES string of the molecule is OC[C@@H](NC1CCCOCC1)c1ccccc1. The molecular weight excluding hydrogens is 214 g/mol. The summed E-state index contributed by atoms with van der Waals surface area (Å²) in [5.74, 6) is 0. The van der Waals surface area contributed by atoms with Crippen molar-refractivity contribution in [3.8, 4) is 0 Å². The highest BCUT2D eigenvalue weighted by Crippen LogP contribution is 2.16. The minimum atomic E-state index is 0.0410. The fourth-order valence-electron chi connectivity index (χ4n) is 2.29. The van der Waals surface area contributed by atoms with E-state index in [-0.39, 0.29) is 12.6 Å². The topological polar surface area (TPSA) is 41.5 Å². The lowest BCUT2D eigenvalue weighted by molar-refractivity contribution is 0.141. The lowest BCUT2D eigenvalue weighted by Gasteiger charge is -2.23. The molecule has 1 fully saturated rings. The summed E-state index contributed by atoms with van der Waals surface area (Å²) in [6, 6.07) is 10.6. The highest BCUT2D eigenvalue weighted by Gasteiger charge is 2.17. The van der Waals surface area contributed by atoms with Gasteiger partial charge in [-0.25, -0.2) is 0 Å². The number of rotatable bonds is 4. The maximum absolute atomic E-state index is 9.49. The van der Waals surface area contributed by atoms with E-state index >= 15 is 0 Å². The Hall–Kier alpha value is -0.900. The molecule has 1 heterocycles. The van der Waals surface area contributed by atoms with Gasteiger partial charge < -0.3 is 15.2 Å². The predicted molar refractivity (Wildman–Crippen MR) is 67.9 cm³/mol. The van der Waals surface area contributed by atoms with Gasteiger partial charge in [0.2, 0.25) is 0 Å². The number of hydrogen-bond acceptors (Lipinski definition) is 3. The minimum absolute atomic E-state index is 0.0410. The quantitative estimate of drug-likeness (QED) is 0.837. The molecule has 3 heteroatoms. The Labute approximate surface area is 103 Å². The Morgan fingerprint density at radius 3 is 2.82 bits per heavy atom. The molecule has 17 heavy (non-hydrogen) atoms. The standard InChI is InChI=1S/C14H21NO2/c16-11-14(12-5-2-1-3-6-12)15-13-7-4-9-17-10-8-13/h1-3,5-6,13-16H,4,7-11H2/t13?,14-/m1/s1. The Morgan fingerprint density at radius 1 is 1.24 bits per heavy atom. The van der Waals surface area contributed by atoms with Crippen LogP contribution in [-0.4, -0.2) is 31.0 Å². The van der Waals surface area contributed by atoms with E-state index in [2.05, 4.69) is 17.4 Å². The van der Waals surface area contributed by atoms with E-state index < -0.39 is 0 Å². The third kappa shape index (κ3) is 3.80. The van der Waals surface area contributed by atoms with E-state index in [1.165, 1.54) is 0 Å². The first-order chi connectivity index (χ1) is 8.40. The minimum Gasteiger partial charge on any atom is -0.394 e. The second-order valence-corrected chi connectivity index (χ2v) is 4.55. The Bertz CT molecular complexity index is 307. The summed E-state index contributed by atoms with van der Waals surface area (Å²) in [6.07, 6.45) is 3.26. The van der Waals surface area contributed by atoms with Gasteiger partial charge in [-0.2, -0.15) is 0 Å². The molecule has 0 saturated carbocycles. The second-order valence-electron chi connectivity index (χ2n) is 4.55. The molecule has 0 aliphatic carbocycles. The molecule has 1 saturated heterocycles. The summed E-state index contributed by atoms with van der Waals surface area (Å²) >= 11 is 0. The predicted octanol–water partition coefficient (Wildman–Crippen LogP) is 1.88. The summed E-state index contributed by atoms with van der Waals surface area (Å²) in [6.45, 7) is 1.83. The van der Waals surface area contributed by atoms with Gasteiger partial charge in [-0.05, 0) is 24.8 Å². The zero-order valence-corrected chi connectivity index (χ0v) is 10.1. The average molecular weight is 235 g/mol. The van der Waals surface area contributed by atoms with E-state index in [9.17, 15) is 5.11 Å². The van der Waals surface area contributed by atoms with Crippen molar-refractivity contribution in [3.63, 3.8) is 0 Å². The van der Waals surface area contributed by atoms with Crippen LogP contribution in [0.4, 0.5) is 0 Å². The maximum Gasteiger partial charge on any atom is 0.0626 e. The van der Waals surface area contributed by atoms with Crippen molar-refractivity contribution in [3.05, 3.63) is 35.9 Å². The van der Waals surface area contributed by atoms with E-state index in [1.807, 2.05) is 18.2 Å². The summed E-state index contributed by atoms with van der Waals surface area (Å²) in [5, 5.41) is 13.0. The number of benzene rings is 1. The molecule has 1 aliphatic heterocycles. The average Bonchev–Trinajstić information content (AvgIpc) is 2.65. The van der Waals surface area contributed by atoms with Gasteiger partial charge in [0.15, 0.2) is 0 Å². The Morgan fingerprint density at radius 2 is 2.06 bits per heavy atom. The van der Waals surface area contributed by atoms with Crippen LogP contribution in [0.5, 0.6) is 0 Å². The molecule has 0 spiro atoms. The van der Waals surface area contributed by atoms with E-state index in [0.717, 1.165) is 38.0 Å². The van der Waals surface area contributed by atoms with E-state index in [1.54, 1.807) is 0 Å². The number of aliphatic hydroxyl groups is 1. The van der Waals surface area contributed by atoms with Crippen molar-refractivity contribution in [1.29, 1.82) is 0 Å². The molecule has 3 nitrogen and oxygen atoms in total. The molecule has 2 rings (SSSR count). The molecule has 2 atom stereocenters. The number of nitrogens with one attached hydrogen (secondary N) is 1. The van der Waals surface area contributed by atoms with Crippen LogP contribution in [0.25, 0.3) is 0 Å². The van der Waals surface area contributed by atoms with Gasteiger partial charge >= 0.3 is 0 Å². The Kier molecular flexibility index (Phi) is 4.98. The van der Waals surface area contributed by atoms with Gasteiger partial charge in [0.1, 0.15) is 0 Å². The zero-order valence-electron chi connectivity index (χ0n) is 10.1. The lowest BCUT2D eigenvalue weighted by Crippen LogP contribution is -2.34. The van der Waals surface area contributed by atoms with Crippen LogP contribution in [0.3, 0.4) is 0 Å². The highest BCUT2D eigenvalue weighted by atomic mass is 16.5. The molecule has 0 amide bonds. The fraction of sp³-hybridized carbons (Fsp3) is 0.571. The molecule has 0 bridgehead atoms. The molecule has 1 aromatic rings. The first-order valence-corrected chi connectivity index (χ1v) is 6.40. The van der Waals surface area contributed by atoms with Gasteiger partial charge in [-0.15, -0.1) is 0 Å². The van der Waals surface area contributed by atoms with Crippen LogP contribution >= 0.6 is 0 Å². The van der Waals surface area contributed by atoms with Gasteiger partial charge in [0.05, 0.1) is 12.6 Å². The summed E-state index contributed by atoms with van der Waals surface area (Å²) in [5.41, 5.74) is 1.15. The third-order valence-electron chi connectivity index (χ3n) is 3.27. The fourth-order valence-corrected chi connectivity index (χ4v) is 2.29. The van der Waals surface area contributed by atoms with Gasteiger partial charge in [-0.3, -0.25) is 0 Å². The molecule has 94 valence electrons. The van der Waals surface area contributed by atoms with Crippen molar-refractivity contribution < 1.29 is 9.84 Å². The largest absolute Gasteiger partial charge is 0.394 e. The van der Waals surface area contributed by atoms with Crippen LogP contribution in [0.15, 0.2) is 30.3 Å². The third-order valence-corrected chi connectivity index (χ3v) is 3.27. The first-order valence-electron chi connectivity index (χ1n) is 6.40. The van der Waals surface area contributed by atoms with Gasteiger partial charge in [0.25, 0.3) is 0 Å². The van der Waals surface area contributed by atoms with Crippen LogP contribution < -0.4 is 5.32 Å². The van der Waals surface area contributed by atoms with Crippen molar-refractivity contribution in [2.24, 2.45) is 0 Å². The first kappa shape index (κ1) is 12.6. The Balaban J connectivity index is 1.94. The van der Waals surface area contributed by atoms with Crippen LogP contribution in [0.2, 0.25) is 0 Å². The lowest BCUT2D eigenvalue weighted by atomic mass is 10.0. The summed E-state index contributed by atoms with van der Waals surface area (Å²) in [7, 11) is 0. The normalized spacial score (nSPS) is 23.0. The molecular formula is C14H21NO2.